The molecule has 0 atom stereocenters. The van der Waals surface area contributed by atoms with E-state index in [0.717, 1.165) is 5.56 Å². The summed E-state index contributed by atoms with van der Waals surface area (Å²) < 4.78 is 1.27. The lowest BCUT2D eigenvalue weighted by atomic mass is 10.2. The average Bonchev–Trinajstić information content (AvgIpc) is 3.13. The number of aromatic nitrogens is 5. The van der Waals surface area contributed by atoms with E-state index in [4.69, 9.17) is 0 Å². The maximum absolute atomic E-state index is 12.4. The normalized spacial score (nSPS) is 10.8. The molecule has 0 radical (unpaired) electrons. The number of fused-ring (bicyclic) bond motifs is 1. The van der Waals surface area contributed by atoms with E-state index in [-0.39, 0.29) is 18.0 Å². The van der Waals surface area contributed by atoms with Crippen LogP contribution in [-0.4, -0.2) is 30.6 Å². The Labute approximate surface area is 151 Å². The smallest absolute Gasteiger partial charge is 0.261 e. The highest BCUT2D eigenvalue weighted by Gasteiger charge is 2.12. The number of anilines is 1. The zero-order valence-electron chi connectivity index (χ0n) is 13.4. The molecule has 0 aliphatic rings. The van der Waals surface area contributed by atoms with Gasteiger partial charge in [-0.3, -0.25) is 24.5 Å². The molecule has 128 valence electrons. The molecule has 0 aliphatic carbocycles. The molecular weight excluding hydrogens is 352 g/mol. The number of hydrogen-bond donors (Lipinski definition) is 1. The van der Waals surface area contributed by atoms with Gasteiger partial charge in [-0.1, -0.05) is 23.5 Å². The average molecular weight is 364 g/mol. The van der Waals surface area contributed by atoms with Crippen LogP contribution in [0, 0.1) is 0 Å². The molecule has 3 heterocycles. The maximum Gasteiger partial charge on any atom is 0.261 e. The Balaban J connectivity index is 1.51. The minimum Gasteiger partial charge on any atom is -0.299 e. The van der Waals surface area contributed by atoms with Gasteiger partial charge in [0.1, 0.15) is 11.6 Å². The fourth-order valence-electron chi connectivity index (χ4n) is 2.42. The first-order valence-corrected chi connectivity index (χ1v) is 8.50. The van der Waals surface area contributed by atoms with Crippen molar-refractivity contribution in [3.8, 4) is 10.6 Å². The molecule has 1 aromatic carbocycles. The Morgan fingerprint density at radius 2 is 1.92 bits per heavy atom. The number of para-hydroxylation sites is 1. The summed E-state index contributed by atoms with van der Waals surface area (Å²) in [5, 5.41) is 12.2. The molecule has 1 amide bonds. The van der Waals surface area contributed by atoms with Gasteiger partial charge in [0.2, 0.25) is 11.0 Å². The van der Waals surface area contributed by atoms with Gasteiger partial charge < -0.3 is 0 Å². The van der Waals surface area contributed by atoms with Crippen molar-refractivity contribution < 1.29 is 4.79 Å². The molecule has 0 bridgehead atoms. The summed E-state index contributed by atoms with van der Waals surface area (Å²) in [6.07, 6.45) is 4.69. The van der Waals surface area contributed by atoms with Crippen LogP contribution >= 0.6 is 11.3 Å². The standard InChI is InChI=1S/C17H12N6O2S/c24-14(9-23-10-19-13-4-2-1-3-12(13)16(23)25)20-17-22-21-15(26-17)11-5-7-18-8-6-11/h1-8,10H,9H2,(H,20,22,24). The van der Waals surface area contributed by atoms with E-state index in [2.05, 4.69) is 25.5 Å². The second kappa shape index (κ2) is 6.81. The highest BCUT2D eigenvalue weighted by molar-refractivity contribution is 7.18. The van der Waals surface area contributed by atoms with Gasteiger partial charge in [-0.05, 0) is 24.3 Å². The van der Waals surface area contributed by atoms with Crippen LogP contribution in [0.2, 0.25) is 0 Å². The Hall–Kier alpha value is -3.46. The van der Waals surface area contributed by atoms with Crippen molar-refractivity contribution in [2.75, 3.05) is 5.32 Å². The van der Waals surface area contributed by atoms with E-state index in [1.807, 2.05) is 18.2 Å². The molecule has 9 heteroatoms. The maximum atomic E-state index is 12.4. The summed E-state index contributed by atoms with van der Waals surface area (Å²) in [4.78, 5) is 32.8. The van der Waals surface area contributed by atoms with Crippen LogP contribution in [-0.2, 0) is 11.3 Å². The van der Waals surface area contributed by atoms with E-state index in [1.165, 1.54) is 22.2 Å². The van der Waals surface area contributed by atoms with Crippen LogP contribution < -0.4 is 10.9 Å². The lowest BCUT2D eigenvalue weighted by Gasteiger charge is -2.05. The number of rotatable bonds is 4. The molecule has 1 N–H and O–H groups in total. The number of carbonyl (C=O) groups is 1. The number of benzene rings is 1. The SMILES string of the molecule is O=C(Cn1cnc2ccccc2c1=O)Nc1nnc(-c2ccncc2)s1. The third kappa shape index (κ3) is 3.20. The summed E-state index contributed by atoms with van der Waals surface area (Å²) >= 11 is 1.25. The third-order valence-electron chi connectivity index (χ3n) is 3.64. The van der Waals surface area contributed by atoms with Crippen molar-refractivity contribution in [1.82, 2.24) is 24.7 Å². The van der Waals surface area contributed by atoms with E-state index in [0.29, 0.717) is 21.0 Å². The van der Waals surface area contributed by atoms with Crippen LogP contribution in [0.15, 0.2) is 59.9 Å². The van der Waals surface area contributed by atoms with E-state index in [1.54, 1.807) is 30.6 Å². The predicted molar refractivity (Wildman–Crippen MR) is 97.8 cm³/mol. The zero-order valence-corrected chi connectivity index (χ0v) is 14.2. The topological polar surface area (TPSA) is 103 Å². The zero-order chi connectivity index (χ0) is 17.9. The summed E-state index contributed by atoms with van der Waals surface area (Å²) in [6.45, 7) is -0.152. The van der Waals surface area contributed by atoms with Gasteiger partial charge >= 0.3 is 0 Å². The largest absolute Gasteiger partial charge is 0.299 e. The second-order valence-corrected chi connectivity index (χ2v) is 6.37. The van der Waals surface area contributed by atoms with Crippen LogP contribution in [0.5, 0.6) is 0 Å². The fraction of sp³-hybridized carbons (Fsp3) is 0.0588. The molecule has 3 aromatic heterocycles. The predicted octanol–water partition coefficient (Wildman–Crippen LogP) is 1.95. The monoisotopic (exact) mass is 364 g/mol. The number of pyridine rings is 1. The molecule has 0 unspecified atom stereocenters. The van der Waals surface area contributed by atoms with Gasteiger partial charge in [0, 0.05) is 18.0 Å². The molecule has 0 fully saturated rings. The van der Waals surface area contributed by atoms with Gasteiger partial charge in [-0.15, -0.1) is 10.2 Å². The van der Waals surface area contributed by atoms with Crippen LogP contribution in [0.4, 0.5) is 5.13 Å². The summed E-state index contributed by atoms with van der Waals surface area (Å²) in [5.41, 5.74) is 1.20. The fourth-order valence-corrected chi connectivity index (χ4v) is 3.18. The minimum absolute atomic E-state index is 0.152. The Bertz CT molecular complexity index is 1140. The molecule has 0 saturated carbocycles. The number of hydrogen-bond acceptors (Lipinski definition) is 7. The van der Waals surface area contributed by atoms with Crippen molar-refractivity contribution in [2.45, 2.75) is 6.54 Å². The third-order valence-corrected chi connectivity index (χ3v) is 4.53. The number of nitrogens with one attached hydrogen (secondary N) is 1. The number of carbonyl (C=O) groups excluding carboxylic acids is 1. The first-order valence-electron chi connectivity index (χ1n) is 7.68. The molecular formula is C17H12N6O2S. The quantitative estimate of drug-likeness (QED) is 0.594. The molecule has 0 spiro atoms. The van der Waals surface area contributed by atoms with Gasteiger partial charge in [0.15, 0.2) is 0 Å². The highest BCUT2D eigenvalue weighted by atomic mass is 32.1. The van der Waals surface area contributed by atoms with Gasteiger partial charge in [-0.2, -0.15) is 0 Å². The molecule has 26 heavy (non-hydrogen) atoms. The minimum atomic E-state index is -0.374. The Morgan fingerprint density at radius 3 is 2.77 bits per heavy atom. The number of amides is 1. The van der Waals surface area contributed by atoms with E-state index >= 15 is 0 Å². The van der Waals surface area contributed by atoms with Crippen LogP contribution in [0.3, 0.4) is 0 Å². The Kier molecular flexibility index (Phi) is 4.20. The van der Waals surface area contributed by atoms with Crippen molar-refractivity contribution in [1.29, 1.82) is 0 Å². The van der Waals surface area contributed by atoms with Gasteiger partial charge in [0.25, 0.3) is 5.56 Å². The lowest BCUT2D eigenvalue weighted by molar-refractivity contribution is -0.116. The molecule has 4 rings (SSSR count). The van der Waals surface area contributed by atoms with Crippen LogP contribution in [0.1, 0.15) is 0 Å². The van der Waals surface area contributed by atoms with Gasteiger partial charge in [-0.25, -0.2) is 4.98 Å². The van der Waals surface area contributed by atoms with Gasteiger partial charge in [0.05, 0.1) is 17.2 Å². The first-order chi connectivity index (χ1) is 12.7. The number of nitrogens with zero attached hydrogens (tertiary/aromatic N) is 5. The first kappa shape index (κ1) is 16.0. The Morgan fingerprint density at radius 1 is 1.12 bits per heavy atom. The van der Waals surface area contributed by atoms with Crippen LogP contribution in [0.25, 0.3) is 21.5 Å². The molecule has 8 nitrogen and oxygen atoms in total. The van der Waals surface area contributed by atoms with E-state index < -0.39 is 0 Å². The van der Waals surface area contributed by atoms with Crippen molar-refractivity contribution in [3.05, 3.63) is 65.5 Å². The summed E-state index contributed by atoms with van der Waals surface area (Å²) in [6, 6.07) is 10.6. The highest BCUT2D eigenvalue weighted by Crippen LogP contribution is 2.25. The summed E-state index contributed by atoms with van der Waals surface area (Å²) in [7, 11) is 0. The van der Waals surface area contributed by atoms with Crippen molar-refractivity contribution >= 4 is 33.3 Å². The lowest BCUT2D eigenvalue weighted by Crippen LogP contribution is -2.27. The van der Waals surface area contributed by atoms with E-state index in [9.17, 15) is 9.59 Å². The molecule has 4 aromatic rings. The van der Waals surface area contributed by atoms with Crippen molar-refractivity contribution in [2.24, 2.45) is 0 Å². The van der Waals surface area contributed by atoms with Crippen molar-refractivity contribution in [3.63, 3.8) is 0 Å². The second-order valence-electron chi connectivity index (χ2n) is 5.39. The summed E-state index contributed by atoms with van der Waals surface area (Å²) in [5.74, 6) is -0.374. The molecule has 0 aliphatic heterocycles. The molecule has 0 saturated heterocycles.